The molecule has 0 atom stereocenters. The number of aromatic nitrogens is 4. The molecule has 0 aliphatic heterocycles. The van der Waals surface area contributed by atoms with Crippen LogP contribution in [0.3, 0.4) is 0 Å². The highest BCUT2D eigenvalue weighted by molar-refractivity contribution is 6.04. The van der Waals surface area contributed by atoms with Crippen LogP contribution < -0.4 is 0 Å². The van der Waals surface area contributed by atoms with Crippen LogP contribution in [0.4, 0.5) is 8.78 Å². The molecule has 0 bridgehead atoms. The molecule has 6 rings (SSSR count). The van der Waals surface area contributed by atoms with Gasteiger partial charge in [0.2, 0.25) is 11.9 Å². The summed E-state index contributed by atoms with van der Waals surface area (Å²) < 4.78 is 27.5. The second-order valence-corrected chi connectivity index (χ2v) is 7.08. The minimum atomic E-state index is -0.550. The van der Waals surface area contributed by atoms with Gasteiger partial charge in [0.1, 0.15) is 0 Å². The predicted octanol–water partition coefficient (Wildman–Crippen LogP) is 5.82. The fourth-order valence-electron chi connectivity index (χ4n) is 3.77. The number of rotatable bonds is 1. The Balaban J connectivity index is 1.62. The van der Waals surface area contributed by atoms with E-state index in [2.05, 4.69) is 9.97 Å². The van der Waals surface area contributed by atoms with E-state index in [0.717, 1.165) is 21.5 Å². The number of nitrogens with zero attached hydrogens (tertiary/aromatic N) is 4. The van der Waals surface area contributed by atoms with E-state index in [1.54, 1.807) is 12.1 Å². The highest BCUT2D eigenvalue weighted by Gasteiger charge is 2.11. The molecule has 4 aromatic heterocycles. The van der Waals surface area contributed by atoms with Gasteiger partial charge in [0, 0.05) is 21.5 Å². The lowest BCUT2D eigenvalue weighted by Crippen LogP contribution is -1.93. The maximum Gasteiger partial charge on any atom is 0.213 e. The maximum absolute atomic E-state index is 13.8. The molecular formula is C24H12F2N4. The number of hydrogen-bond donors (Lipinski definition) is 0. The minimum Gasteiger partial charge on any atom is -0.244 e. The lowest BCUT2D eigenvalue weighted by molar-refractivity contribution is 0.589. The summed E-state index contributed by atoms with van der Waals surface area (Å²) in [6.07, 6.45) is 0. The zero-order valence-corrected chi connectivity index (χ0v) is 15.5. The molecule has 142 valence electrons. The molecule has 6 heteroatoms. The van der Waals surface area contributed by atoms with Gasteiger partial charge in [-0.25, -0.2) is 19.9 Å². The van der Waals surface area contributed by atoms with Gasteiger partial charge in [-0.2, -0.15) is 8.78 Å². The summed E-state index contributed by atoms with van der Waals surface area (Å²) in [6, 6.07) is 21.2. The molecule has 0 radical (unpaired) electrons. The van der Waals surface area contributed by atoms with Crippen molar-refractivity contribution in [3.05, 3.63) is 84.7 Å². The maximum atomic E-state index is 13.8. The van der Waals surface area contributed by atoms with Crippen molar-refractivity contribution in [3.63, 3.8) is 0 Å². The fraction of sp³-hybridized carbons (Fsp3) is 0. The van der Waals surface area contributed by atoms with Crippen molar-refractivity contribution in [1.82, 2.24) is 19.9 Å². The van der Waals surface area contributed by atoms with E-state index in [9.17, 15) is 8.78 Å². The van der Waals surface area contributed by atoms with Gasteiger partial charge < -0.3 is 0 Å². The third-order valence-electron chi connectivity index (χ3n) is 5.23. The second kappa shape index (κ2) is 6.22. The third kappa shape index (κ3) is 2.58. The molecule has 0 aliphatic carbocycles. The van der Waals surface area contributed by atoms with Crippen LogP contribution in [0.15, 0.2) is 72.8 Å². The van der Waals surface area contributed by atoms with Crippen LogP contribution in [0.5, 0.6) is 0 Å². The smallest absolute Gasteiger partial charge is 0.213 e. The number of hydrogen-bond acceptors (Lipinski definition) is 4. The van der Waals surface area contributed by atoms with Gasteiger partial charge >= 0.3 is 0 Å². The van der Waals surface area contributed by atoms with E-state index < -0.39 is 11.9 Å². The molecule has 4 heterocycles. The lowest BCUT2D eigenvalue weighted by atomic mass is 10.1. The number of fused-ring (bicyclic) bond motifs is 6. The molecule has 0 aliphatic rings. The van der Waals surface area contributed by atoms with Gasteiger partial charge in [-0.1, -0.05) is 36.4 Å². The Morgan fingerprint density at radius 1 is 0.367 bits per heavy atom. The zero-order valence-electron chi connectivity index (χ0n) is 15.5. The summed E-state index contributed by atoms with van der Waals surface area (Å²) in [7, 11) is 0. The molecule has 0 saturated carbocycles. The standard InChI is InChI=1S/C24H12F2N4/c25-19-11-7-15-3-1-13-5-9-17(27-21(13)23(15)29-19)18-10-6-14-2-4-16-8-12-20(26)30-24(16)22(14)28-18/h1-12H. The quantitative estimate of drug-likeness (QED) is 0.260. The highest BCUT2D eigenvalue weighted by Crippen LogP contribution is 2.28. The Morgan fingerprint density at radius 3 is 1.07 bits per heavy atom. The SMILES string of the molecule is Fc1ccc2ccc3ccc(-c4ccc5ccc6ccc(F)nc6c5n4)nc3c2n1. The molecule has 0 fully saturated rings. The van der Waals surface area contributed by atoms with Crippen molar-refractivity contribution in [2.24, 2.45) is 0 Å². The molecule has 0 unspecified atom stereocenters. The summed E-state index contributed by atoms with van der Waals surface area (Å²) >= 11 is 0. The van der Waals surface area contributed by atoms with E-state index in [1.807, 2.05) is 48.5 Å². The van der Waals surface area contributed by atoms with Crippen LogP contribution in [0.25, 0.3) is 55.0 Å². The van der Waals surface area contributed by atoms with Crippen LogP contribution in [0, 0.1) is 11.9 Å². The summed E-state index contributed by atoms with van der Waals surface area (Å²) in [5.41, 5.74) is 3.46. The fourth-order valence-corrected chi connectivity index (χ4v) is 3.77. The third-order valence-corrected chi connectivity index (χ3v) is 5.23. The lowest BCUT2D eigenvalue weighted by Gasteiger charge is -2.08. The normalized spacial score (nSPS) is 11.7. The average Bonchev–Trinajstić information content (AvgIpc) is 2.78. The van der Waals surface area contributed by atoms with Gasteiger partial charge in [-0.05, 0) is 36.4 Å². The van der Waals surface area contributed by atoms with Gasteiger partial charge in [-0.15, -0.1) is 0 Å². The monoisotopic (exact) mass is 394 g/mol. The van der Waals surface area contributed by atoms with Crippen molar-refractivity contribution in [2.45, 2.75) is 0 Å². The highest BCUT2D eigenvalue weighted by atomic mass is 19.1. The first-order chi connectivity index (χ1) is 14.7. The Labute approximate surface area is 168 Å². The summed E-state index contributed by atoms with van der Waals surface area (Å²) in [4.78, 5) is 17.5. The van der Waals surface area contributed by atoms with Crippen molar-refractivity contribution in [2.75, 3.05) is 0 Å². The number of pyridine rings is 4. The van der Waals surface area contributed by atoms with Crippen LogP contribution in [-0.4, -0.2) is 19.9 Å². The topological polar surface area (TPSA) is 51.6 Å². The summed E-state index contributed by atoms with van der Waals surface area (Å²) in [5, 5.41) is 3.34. The van der Waals surface area contributed by atoms with E-state index in [0.29, 0.717) is 33.5 Å². The summed E-state index contributed by atoms with van der Waals surface area (Å²) in [6.45, 7) is 0. The Kier molecular flexibility index (Phi) is 3.49. The van der Waals surface area contributed by atoms with E-state index >= 15 is 0 Å². The Bertz CT molecular complexity index is 1510. The molecule has 0 spiro atoms. The first-order valence-corrected chi connectivity index (χ1v) is 9.38. The van der Waals surface area contributed by atoms with E-state index in [-0.39, 0.29) is 0 Å². The largest absolute Gasteiger partial charge is 0.244 e. The van der Waals surface area contributed by atoms with Gasteiger partial charge in [0.05, 0.1) is 33.5 Å². The Hall–Kier alpha value is -4.06. The van der Waals surface area contributed by atoms with Crippen LogP contribution in [0.1, 0.15) is 0 Å². The van der Waals surface area contributed by atoms with Gasteiger partial charge in [0.25, 0.3) is 0 Å². The first-order valence-electron chi connectivity index (χ1n) is 9.38. The number of benzene rings is 2. The van der Waals surface area contributed by atoms with E-state index in [1.165, 1.54) is 12.1 Å². The first kappa shape index (κ1) is 16.9. The number of halogens is 2. The molecule has 2 aromatic carbocycles. The van der Waals surface area contributed by atoms with Crippen molar-refractivity contribution < 1.29 is 8.78 Å². The molecule has 0 amide bonds. The van der Waals surface area contributed by atoms with Crippen LogP contribution in [0.2, 0.25) is 0 Å². The van der Waals surface area contributed by atoms with Gasteiger partial charge in [-0.3, -0.25) is 0 Å². The van der Waals surface area contributed by atoms with Crippen molar-refractivity contribution in [1.29, 1.82) is 0 Å². The summed E-state index contributed by atoms with van der Waals surface area (Å²) in [5.74, 6) is -1.10. The van der Waals surface area contributed by atoms with Crippen LogP contribution >= 0.6 is 0 Å². The predicted molar refractivity (Wildman–Crippen MR) is 113 cm³/mol. The molecule has 30 heavy (non-hydrogen) atoms. The van der Waals surface area contributed by atoms with Crippen molar-refractivity contribution >= 4 is 43.6 Å². The zero-order chi connectivity index (χ0) is 20.2. The van der Waals surface area contributed by atoms with Gasteiger partial charge in [0.15, 0.2) is 0 Å². The molecule has 0 saturated heterocycles. The Morgan fingerprint density at radius 2 is 0.667 bits per heavy atom. The van der Waals surface area contributed by atoms with E-state index in [4.69, 9.17) is 9.97 Å². The van der Waals surface area contributed by atoms with Crippen molar-refractivity contribution in [3.8, 4) is 11.4 Å². The minimum absolute atomic E-state index is 0.504. The average molecular weight is 394 g/mol. The molecule has 4 nitrogen and oxygen atoms in total. The second-order valence-electron chi connectivity index (χ2n) is 7.08. The molecule has 6 aromatic rings. The molecular weight excluding hydrogens is 382 g/mol. The molecule has 0 N–H and O–H groups in total. The van der Waals surface area contributed by atoms with Crippen LogP contribution in [-0.2, 0) is 0 Å².